The molecule has 0 spiro atoms. The van der Waals surface area contributed by atoms with E-state index >= 15 is 0 Å². The van der Waals surface area contributed by atoms with Gasteiger partial charge in [0.1, 0.15) is 43.2 Å². The number of carboxylic acid groups (broad SMARTS) is 1. The first-order valence-corrected chi connectivity index (χ1v) is 12.9. The molecule has 224 valence electrons. The van der Waals surface area contributed by atoms with Crippen LogP contribution in [0.25, 0.3) is 0 Å². The molecule has 2 heterocycles. The first kappa shape index (κ1) is 33.1. The Labute approximate surface area is 227 Å². The summed E-state index contributed by atoms with van der Waals surface area (Å²) in [6.45, 7) is 2.70. The summed E-state index contributed by atoms with van der Waals surface area (Å²) >= 11 is 0.557. The minimum Gasteiger partial charge on any atom is -0.478 e. The van der Waals surface area contributed by atoms with Crippen LogP contribution in [-0.4, -0.2) is 140 Å². The lowest BCUT2D eigenvalue weighted by atomic mass is 9.89. The first-order valence-electron chi connectivity index (χ1n) is 11.9. The molecule has 17 heteroatoms. The summed E-state index contributed by atoms with van der Waals surface area (Å²) in [5, 5.41) is 67.9. The molecule has 1 unspecified atom stereocenters. The van der Waals surface area contributed by atoms with E-state index in [0.29, 0.717) is 11.8 Å². The summed E-state index contributed by atoms with van der Waals surface area (Å²) in [5.41, 5.74) is 0. The third-order valence-corrected chi connectivity index (χ3v) is 7.64. The average molecular weight is 585 g/mol. The van der Waals surface area contributed by atoms with Crippen molar-refractivity contribution in [2.24, 2.45) is 0 Å². The Balaban J connectivity index is 2.29. The van der Waals surface area contributed by atoms with Gasteiger partial charge in [-0.15, -0.1) is 11.8 Å². The van der Waals surface area contributed by atoms with E-state index in [4.69, 9.17) is 14.2 Å². The lowest BCUT2D eigenvalue weighted by Gasteiger charge is -2.47. The smallest absolute Gasteiger partial charge is 0.346 e. The van der Waals surface area contributed by atoms with Crippen LogP contribution in [0, 0.1) is 0 Å². The van der Waals surface area contributed by atoms with Gasteiger partial charge in [0, 0.05) is 40.1 Å². The van der Waals surface area contributed by atoms with Crippen molar-refractivity contribution in [3.8, 4) is 0 Å². The molecule has 0 bridgehead atoms. The van der Waals surface area contributed by atoms with Crippen LogP contribution in [0.5, 0.6) is 0 Å². The van der Waals surface area contributed by atoms with Gasteiger partial charge >= 0.3 is 11.9 Å². The molecule has 8 N–H and O–H groups in total. The Kier molecular flexibility index (Phi) is 11.9. The van der Waals surface area contributed by atoms with E-state index < -0.39 is 103 Å². The fourth-order valence-electron chi connectivity index (χ4n) is 4.35. The van der Waals surface area contributed by atoms with Crippen LogP contribution < -0.4 is 10.6 Å². The molecule has 0 radical (unpaired) electrons. The van der Waals surface area contributed by atoms with Crippen LogP contribution in [-0.2, 0) is 38.1 Å². The number of ether oxygens (including phenoxy) is 4. The van der Waals surface area contributed by atoms with E-state index in [9.17, 15) is 49.8 Å². The molecule has 16 nitrogen and oxygen atoms in total. The number of carbonyl (C=O) groups excluding carboxylic acids is 3. The Morgan fingerprint density at radius 1 is 1.03 bits per heavy atom. The number of esters is 1. The fourth-order valence-corrected chi connectivity index (χ4v) is 5.65. The highest BCUT2D eigenvalue weighted by molar-refractivity contribution is 8.01. The van der Waals surface area contributed by atoms with E-state index in [1.165, 1.54) is 14.0 Å². The Morgan fingerprint density at radius 2 is 1.62 bits per heavy atom. The molecule has 2 amide bonds. The summed E-state index contributed by atoms with van der Waals surface area (Å²) in [4.78, 5) is 44.5. The molecule has 2 rings (SSSR count). The highest BCUT2D eigenvalue weighted by atomic mass is 32.2. The summed E-state index contributed by atoms with van der Waals surface area (Å²) in [6, 6.07) is -2.48. The number of hydrogen-bond donors (Lipinski definition) is 8. The quantitative estimate of drug-likeness (QED) is 0.108. The average Bonchev–Trinajstić information content (AvgIpc) is 2.85. The van der Waals surface area contributed by atoms with E-state index in [2.05, 4.69) is 15.4 Å². The van der Waals surface area contributed by atoms with Crippen molar-refractivity contribution in [3.63, 3.8) is 0 Å². The SMILES string of the molecule is COC1O[C@H](CS[C@]2(C(=O)O)C[C@H](O)[C@@H](NC(C)=O)[C@H]([C@H](O)[C@H](O)COC(C)=O)O2)[C@@H](O)[C@H](O)[C@H]1NC(C)=O. The summed E-state index contributed by atoms with van der Waals surface area (Å²) in [7, 11) is 1.24. The number of aliphatic hydroxyl groups is 5. The number of aliphatic hydroxyl groups excluding tert-OH is 5. The van der Waals surface area contributed by atoms with Gasteiger partial charge in [-0.05, 0) is 0 Å². The molecule has 2 saturated heterocycles. The standard InChI is InChI=1S/C22H36N2O14S/c1-8(25)23-14-11(28)5-22(21(33)34,38-19(14)16(30)12(29)6-36-10(3)27)39-7-13-17(31)18(32)15(24-9(2)26)20(35-4)37-13/h11-20,28-32H,5-7H2,1-4H3,(H,23,25)(H,24,26)(H,33,34)/t11-,12+,13+,14+,15+,16+,17+,18+,19+,20?,22-/m0/s1. The third kappa shape index (κ3) is 8.21. The molecule has 2 fully saturated rings. The van der Waals surface area contributed by atoms with Crippen molar-refractivity contribution in [2.75, 3.05) is 19.5 Å². The van der Waals surface area contributed by atoms with E-state index in [1.54, 1.807) is 0 Å². The van der Waals surface area contributed by atoms with Gasteiger partial charge in [-0.3, -0.25) is 14.4 Å². The number of hydrogen-bond acceptors (Lipinski definition) is 14. The van der Waals surface area contributed by atoms with Gasteiger partial charge in [0.25, 0.3) is 0 Å². The Bertz CT molecular complexity index is 893. The number of amides is 2. The number of carboxylic acids is 1. The van der Waals surface area contributed by atoms with Crippen LogP contribution in [0.3, 0.4) is 0 Å². The van der Waals surface area contributed by atoms with Crippen LogP contribution in [0.15, 0.2) is 0 Å². The minimum absolute atomic E-state index is 0.340. The van der Waals surface area contributed by atoms with Gasteiger partial charge in [-0.25, -0.2) is 4.79 Å². The highest BCUT2D eigenvalue weighted by Crippen LogP contribution is 2.41. The summed E-state index contributed by atoms with van der Waals surface area (Å²) in [5.74, 6) is -3.86. The topological polar surface area (TPSA) is 251 Å². The maximum absolute atomic E-state index is 12.4. The molecule has 2 aliphatic heterocycles. The van der Waals surface area contributed by atoms with Gasteiger partial charge in [-0.1, -0.05) is 0 Å². The molecule has 0 aromatic rings. The second kappa shape index (κ2) is 14.0. The zero-order valence-electron chi connectivity index (χ0n) is 21.8. The predicted octanol–water partition coefficient (Wildman–Crippen LogP) is -3.96. The molecular formula is C22H36N2O14S. The van der Waals surface area contributed by atoms with Crippen molar-refractivity contribution in [2.45, 2.75) is 93.2 Å². The normalized spacial score (nSPS) is 36.3. The Hall–Kier alpha value is -2.09. The van der Waals surface area contributed by atoms with Gasteiger partial charge < -0.3 is 60.2 Å². The summed E-state index contributed by atoms with van der Waals surface area (Å²) < 4.78 is 21.2. The van der Waals surface area contributed by atoms with Crippen molar-refractivity contribution in [1.29, 1.82) is 0 Å². The molecular weight excluding hydrogens is 548 g/mol. The maximum Gasteiger partial charge on any atom is 0.346 e. The number of methoxy groups -OCH3 is 1. The molecule has 11 atom stereocenters. The van der Waals surface area contributed by atoms with Crippen LogP contribution >= 0.6 is 11.8 Å². The van der Waals surface area contributed by atoms with Gasteiger partial charge in [-0.2, -0.15) is 0 Å². The lowest BCUT2D eigenvalue weighted by Crippen LogP contribution is -2.67. The number of thioether (sulfide) groups is 1. The molecule has 0 saturated carbocycles. The van der Waals surface area contributed by atoms with Crippen molar-refractivity contribution in [1.82, 2.24) is 10.6 Å². The monoisotopic (exact) mass is 584 g/mol. The van der Waals surface area contributed by atoms with Crippen LogP contribution in [0.1, 0.15) is 27.2 Å². The molecule has 39 heavy (non-hydrogen) atoms. The van der Waals surface area contributed by atoms with Crippen LogP contribution in [0.2, 0.25) is 0 Å². The third-order valence-electron chi connectivity index (χ3n) is 6.24. The van der Waals surface area contributed by atoms with E-state index in [0.717, 1.165) is 13.8 Å². The fraction of sp³-hybridized carbons (Fsp3) is 0.818. The van der Waals surface area contributed by atoms with E-state index in [1.807, 2.05) is 0 Å². The predicted molar refractivity (Wildman–Crippen MR) is 130 cm³/mol. The lowest BCUT2D eigenvalue weighted by molar-refractivity contribution is -0.251. The number of nitrogens with one attached hydrogen (secondary N) is 2. The first-order chi connectivity index (χ1) is 18.1. The van der Waals surface area contributed by atoms with Crippen molar-refractivity contribution < 1.29 is 68.8 Å². The summed E-state index contributed by atoms with van der Waals surface area (Å²) in [6.07, 6.45) is -13.2. The number of rotatable bonds is 11. The molecule has 0 aromatic heterocycles. The van der Waals surface area contributed by atoms with Crippen LogP contribution in [0.4, 0.5) is 0 Å². The maximum atomic E-state index is 12.4. The highest BCUT2D eigenvalue weighted by Gasteiger charge is 2.56. The Morgan fingerprint density at radius 3 is 2.13 bits per heavy atom. The number of carbonyl (C=O) groups is 4. The van der Waals surface area contributed by atoms with Crippen molar-refractivity contribution >= 4 is 35.5 Å². The van der Waals surface area contributed by atoms with Gasteiger partial charge in [0.05, 0.1) is 18.2 Å². The van der Waals surface area contributed by atoms with Gasteiger partial charge in [0.15, 0.2) is 6.29 Å². The minimum atomic E-state index is -2.29. The van der Waals surface area contributed by atoms with Crippen molar-refractivity contribution in [3.05, 3.63) is 0 Å². The second-order valence-corrected chi connectivity index (χ2v) is 10.6. The zero-order valence-corrected chi connectivity index (χ0v) is 22.6. The second-order valence-electron chi connectivity index (χ2n) is 9.30. The van der Waals surface area contributed by atoms with Gasteiger partial charge in [0.2, 0.25) is 16.7 Å². The molecule has 0 aliphatic carbocycles. The number of aliphatic carboxylic acids is 1. The van der Waals surface area contributed by atoms with E-state index in [-0.39, 0.29) is 5.75 Å². The molecule has 0 aromatic carbocycles. The zero-order chi connectivity index (χ0) is 29.7. The molecule has 2 aliphatic rings. The largest absolute Gasteiger partial charge is 0.478 e.